The zero-order chi connectivity index (χ0) is 18.9. The Morgan fingerprint density at radius 2 is 2.00 bits per heavy atom. The number of carbonyl (C=O) groups excluding carboxylic acids is 1. The van der Waals surface area contributed by atoms with Gasteiger partial charge in [0.25, 0.3) is 0 Å². The highest BCUT2D eigenvalue weighted by atomic mass is 32.1. The molecule has 1 saturated heterocycles. The van der Waals surface area contributed by atoms with Crippen molar-refractivity contribution in [2.75, 3.05) is 13.7 Å². The number of aryl methyl sites for hydroxylation is 1. The highest BCUT2D eigenvalue weighted by Crippen LogP contribution is 2.41. The van der Waals surface area contributed by atoms with Crippen molar-refractivity contribution < 1.29 is 9.53 Å². The molecule has 0 radical (unpaired) electrons. The maximum absolute atomic E-state index is 12.2. The van der Waals surface area contributed by atoms with Crippen LogP contribution < -0.4 is 4.74 Å². The largest absolute Gasteiger partial charge is 0.494 e. The molecule has 4 nitrogen and oxygen atoms in total. The number of thiophene rings is 1. The monoisotopic (exact) mass is 370 g/mol. The Morgan fingerprint density at radius 1 is 1.23 bits per heavy atom. The lowest BCUT2D eigenvalue weighted by Gasteiger charge is -2.36. The van der Waals surface area contributed by atoms with Gasteiger partial charge in [0.05, 0.1) is 6.61 Å². The molecule has 138 valence electrons. The summed E-state index contributed by atoms with van der Waals surface area (Å²) in [4.78, 5) is 14.9. The lowest BCUT2D eigenvalue weighted by Crippen LogP contribution is -2.46. The lowest BCUT2D eigenvalue weighted by atomic mass is 9.78. The summed E-state index contributed by atoms with van der Waals surface area (Å²) in [6, 6.07) is 8.48. The molecule has 26 heavy (non-hydrogen) atoms. The van der Waals surface area contributed by atoms with Crippen LogP contribution in [0.1, 0.15) is 43.6 Å². The molecular formula is C21H26N2O2S. The molecule has 1 N–H and O–H groups in total. The van der Waals surface area contributed by atoms with Crippen molar-refractivity contribution in [1.82, 2.24) is 4.90 Å². The molecule has 1 aliphatic rings. The minimum Gasteiger partial charge on any atom is -0.494 e. The van der Waals surface area contributed by atoms with E-state index in [9.17, 15) is 4.79 Å². The van der Waals surface area contributed by atoms with Gasteiger partial charge in [-0.25, -0.2) is 0 Å². The van der Waals surface area contributed by atoms with Crippen molar-refractivity contribution in [3.05, 3.63) is 40.1 Å². The predicted molar refractivity (Wildman–Crippen MR) is 107 cm³/mol. The minimum absolute atomic E-state index is 0.0181. The molecule has 1 aromatic heterocycles. The van der Waals surface area contributed by atoms with Crippen LogP contribution in [0.15, 0.2) is 29.6 Å². The Hall–Kier alpha value is -2.14. The minimum atomic E-state index is -0.297. The second-order valence-electron chi connectivity index (χ2n) is 7.40. The van der Waals surface area contributed by atoms with E-state index in [4.69, 9.17) is 10.1 Å². The van der Waals surface area contributed by atoms with Gasteiger partial charge in [-0.3, -0.25) is 10.2 Å². The summed E-state index contributed by atoms with van der Waals surface area (Å²) in [6.07, 6.45) is 2.02. The fraction of sp³-hybridized carbons (Fsp3) is 0.429. The second kappa shape index (κ2) is 7.23. The third-order valence-electron chi connectivity index (χ3n) is 4.93. The first kappa shape index (κ1) is 18.6. The fourth-order valence-electron chi connectivity index (χ4n) is 3.35. The summed E-state index contributed by atoms with van der Waals surface area (Å²) in [5.41, 5.74) is 3.16. The SMILES string of the molecule is CCCOc1cc(C)cc(-c2csc([C@@]3(C)CC(=N)N(C)C(=O)C3)c2)c1. The number of amidine groups is 1. The van der Waals surface area contributed by atoms with E-state index in [1.54, 1.807) is 18.4 Å². The molecule has 1 fully saturated rings. The molecule has 1 amide bonds. The van der Waals surface area contributed by atoms with E-state index in [0.717, 1.165) is 28.2 Å². The van der Waals surface area contributed by atoms with Crippen LogP contribution in [0.2, 0.25) is 0 Å². The van der Waals surface area contributed by atoms with Gasteiger partial charge in [0, 0.05) is 30.2 Å². The van der Waals surface area contributed by atoms with E-state index in [0.29, 0.717) is 25.3 Å². The number of nitrogens with zero attached hydrogens (tertiary/aromatic N) is 1. The average molecular weight is 371 g/mol. The van der Waals surface area contributed by atoms with Gasteiger partial charge in [-0.1, -0.05) is 19.9 Å². The third kappa shape index (κ3) is 3.68. The molecule has 1 atom stereocenters. The van der Waals surface area contributed by atoms with Crippen molar-refractivity contribution in [2.24, 2.45) is 0 Å². The number of piperidine rings is 1. The summed E-state index contributed by atoms with van der Waals surface area (Å²) >= 11 is 1.68. The summed E-state index contributed by atoms with van der Waals surface area (Å²) in [5, 5.41) is 10.3. The number of hydrogen-bond acceptors (Lipinski definition) is 4. The highest BCUT2D eigenvalue weighted by Gasteiger charge is 2.39. The second-order valence-corrected chi connectivity index (χ2v) is 8.31. The van der Waals surface area contributed by atoms with Crippen LogP contribution in [0.4, 0.5) is 0 Å². The first-order chi connectivity index (χ1) is 12.3. The molecule has 0 unspecified atom stereocenters. The van der Waals surface area contributed by atoms with E-state index < -0.39 is 0 Å². The molecule has 0 bridgehead atoms. The molecule has 2 aromatic rings. The Labute approximate surface area is 159 Å². The molecule has 1 aromatic carbocycles. The van der Waals surface area contributed by atoms with Gasteiger partial charge in [0.15, 0.2) is 0 Å². The maximum Gasteiger partial charge on any atom is 0.228 e. The number of rotatable bonds is 5. The molecule has 0 spiro atoms. The predicted octanol–water partition coefficient (Wildman–Crippen LogP) is 5.00. The van der Waals surface area contributed by atoms with Crippen LogP contribution >= 0.6 is 11.3 Å². The first-order valence-corrected chi connectivity index (χ1v) is 9.88. The van der Waals surface area contributed by atoms with Gasteiger partial charge in [0.1, 0.15) is 11.6 Å². The van der Waals surface area contributed by atoms with Gasteiger partial charge >= 0.3 is 0 Å². The van der Waals surface area contributed by atoms with E-state index in [2.05, 4.69) is 50.4 Å². The number of likely N-dealkylation sites (tertiary alicyclic amines) is 1. The topological polar surface area (TPSA) is 53.4 Å². The van der Waals surface area contributed by atoms with E-state index >= 15 is 0 Å². The van der Waals surface area contributed by atoms with Crippen molar-refractivity contribution in [1.29, 1.82) is 5.41 Å². The van der Waals surface area contributed by atoms with Crippen LogP contribution in [0.25, 0.3) is 11.1 Å². The van der Waals surface area contributed by atoms with Crippen LogP contribution in [0, 0.1) is 12.3 Å². The summed E-state index contributed by atoms with van der Waals surface area (Å²) < 4.78 is 5.81. The number of ether oxygens (including phenoxy) is 1. The molecule has 3 rings (SSSR count). The smallest absolute Gasteiger partial charge is 0.228 e. The van der Waals surface area contributed by atoms with Gasteiger partial charge < -0.3 is 9.64 Å². The zero-order valence-corrected chi connectivity index (χ0v) is 16.7. The van der Waals surface area contributed by atoms with E-state index in [-0.39, 0.29) is 11.3 Å². The Morgan fingerprint density at radius 3 is 2.69 bits per heavy atom. The quantitative estimate of drug-likeness (QED) is 0.805. The summed E-state index contributed by atoms with van der Waals surface area (Å²) in [7, 11) is 1.69. The Bertz CT molecular complexity index is 822. The van der Waals surface area contributed by atoms with E-state index in [1.807, 2.05) is 0 Å². The summed E-state index contributed by atoms with van der Waals surface area (Å²) in [5.74, 6) is 1.31. The van der Waals surface area contributed by atoms with Crippen molar-refractivity contribution >= 4 is 23.1 Å². The number of benzene rings is 1. The van der Waals surface area contributed by atoms with Crippen molar-refractivity contribution in [3.8, 4) is 16.9 Å². The number of nitrogens with one attached hydrogen (secondary N) is 1. The lowest BCUT2D eigenvalue weighted by molar-refractivity contribution is -0.128. The maximum atomic E-state index is 12.2. The van der Waals surface area contributed by atoms with Crippen molar-refractivity contribution in [3.63, 3.8) is 0 Å². The van der Waals surface area contributed by atoms with Crippen LogP contribution in [-0.4, -0.2) is 30.3 Å². The average Bonchev–Trinajstić information content (AvgIpc) is 3.08. The molecule has 5 heteroatoms. The standard InChI is InChI=1S/C21H26N2O2S/c1-5-6-25-17-8-14(2)7-15(9-17)16-10-18(26-13-16)21(3)11-19(22)23(4)20(24)12-21/h7-10,13,22H,5-6,11-12H2,1-4H3/t21-/m0/s1. The first-order valence-electron chi connectivity index (χ1n) is 9.00. The van der Waals surface area contributed by atoms with Crippen LogP contribution in [0.3, 0.4) is 0 Å². The van der Waals surface area contributed by atoms with Crippen molar-refractivity contribution in [2.45, 2.75) is 45.4 Å². The normalized spacial score (nSPS) is 20.5. The van der Waals surface area contributed by atoms with Gasteiger partial charge in [-0.05, 0) is 53.6 Å². The van der Waals surface area contributed by atoms with Gasteiger partial charge in [-0.2, -0.15) is 0 Å². The Balaban J connectivity index is 1.89. The van der Waals surface area contributed by atoms with E-state index in [1.165, 1.54) is 10.5 Å². The zero-order valence-electron chi connectivity index (χ0n) is 15.9. The van der Waals surface area contributed by atoms with Gasteiger partial charge in [-0.15, -0.1) is 11.3 Å². The van der Waals surface area contributed by atoms with Crippen LogP contribution in [-0.2, 0) is 10.2 Å². The number of amides is 1. The molecular weight excluding hydrogens is 344 g/mol. The molecule has 2 heterocycles. The van der Waals surface area contributed by atoms with Gasteiger partial charge in [0.2, 0.25) is 5.91 Å². The highest BCUT2D eigenvalue weighted by molar-refractivity contribution is 7.10. The fourth-order valence-corrected chi connectivity index (χ4v) is 4.43. The molecule has 0 aliphatic carbocycles. The number of carbonyl (C=O) groups is 1. The molecule has 1 aliphatic heterocycles. The number of hydrogen-bond donors (Lipinski definition) is 1. The third-order valence-corrected chi connectivity index (χ3v) is 6.17. The molecule has 0 saturated carbocycles. The Kier molecular flexibility index (Phi) is 5.19. The van der Waals surface area contributed by atoms with Crippen LogP contribution in [0.5, 0.6) is 5.75 Å². The summed E-state index contributed by atoms with van der Waals surface area (Å²) in [6.45, 7) is 6.98.